The molecular formula is C18H30IN5OS. The molecule has 0 radical (unpaired) electrons. The molecule has 0 aliphatic rings. The van der Waals surface area contributed by atoms with Crippen LogP contribution in [0.1, 0.15) is 56.0 Å². The first kappa shape index (κ1) is 22.9. The number of aryl methyl sites for hydroxylation is 2. The molecule has 0 amide bonds. The zero-order valence-corrected chi connectivity index (χ0v) is 19.4. The van der Waals surface area contributed by atoms with Gasteiger partial charge >= 0.3 is 0 Å². The van der Waals surface area contributed by atoms with Crippen molar-refractivity contribution in [3.63, 3.8) is 0 Å². The van der Waals surface area contributed by atoms with Crippen molar-refractivity contribution >= 4 is 41.3 Å². The van der Waals surface area contributed by atoms with E-state index >= 15 is 0 Å². The lowest BCUT2D eigenvalue weighted by Crippen LogP contribution is -2.37. The first-order valence-electron chi connectivity index (χ1n) is 8.69. The quantitative estimate of drug-likeness (QED) is 0.265. The largest absolute Gasteiger partial charge is 0.443 e. The van der Waals surface area contributed by atoms with Crippen molar-refractivity contribution in [1.82, 2.24) is 20.6 Å². The highest BCUT2D eigenvalue weighted by atomic mass is 127. The number of hydrogen-bond acceptors (Lipinski definition) is 5. The van der Waals surface area contributed by atoms with Gasteiger partial charge in [0.25, 0.3) is 0 Å². The first-order valence-corrected chi connectivity index (χ1v) is 9.57. The van der Waals surface area contributed by atoms with Crippen molar-refractivity contribution in [3.05, 3.63) is 33.9 Å². The van der Waals surface area contributed by atoms with E-state index in [2.05, 4.69) is 51.7 Å². The molecule has 0 aromatic carbocycles. The Labute approximate surface area is 177 Å². The summed E-state index contributed by atoms with van der Waals surface area (Å²) in [5.74, 6) is 2.33. The molecule has 0 bridgehead atoms. The van der Waals surface area contributed by atoms with Gasteiger partial charge in [0.15, 0.2) is 5.96 Å². The standard InChI is InChI=1S/C18H29N5OS.HI/c1-13-12-25-16(23-13)8-6-7-9-20-17(19-5)22-11-15-21-10-14(24-15)18(2,3)4;/h10,12H,6-9,11H2,1-5H3,(H2,19,20,22);1H. The molecular weight excluding hydrogens is 461 g/mol. The second-order valence-corrected chi connectivity index (χ2v) is 8.00. The fraction of sp³-hybridized carbons (Fsp3) is 0.611. The van der Waals surface area contributed by atoms with E-state index in [1.54, 1.807) is 24.6 Å². The summed E-state index contributed by atoms with van der Waals surface area (Å²) in [5.41, 5.74) is 1.09. The monoisotopic (exact) mass is 491 g/mol. The van der Waals surface area contributed by atoms with Gasteiger partial charge in [0.05, 0.1) is 17.7 Å². The van der Waals surface area contributed by atoms with Gasteiger partial charge in [-0.1, -0.05) is 20.8 Å². The molecule has 2 aromatic heterocycles. The van der Waals surface area contributed by atoms with Crippen LogP contribution in [0.4, 0.5) is 0 Å². The van der Waals surface area contributed by atoms with Gasteiger partial charge < -0.3 is 15.1 Å². The fourth-order valence-corrected chi connectivity index (χ4v) is 3.06. The van der Waals surface area contributed by atoms with E-state index in [1.165, 1.54) is 5.01 Å². The highest BCUT2D eigenvalue weighted by Crippen LogP contribution is 2.22. The van der Waals surface area contributed by atoms with E-state index in [4.69, 9.17) is 4.42 Å². The van der Waals surface area contributed by atoms with Crippen molar-refractivity contribution in [1.29, 1.82) is 0 Å². The summed E-state index contributed by atoms with van der Waals surface area (Å²) in [6.45, 7) is 9.77. The number of halogens is 1. The van der Waals surface area contributed by atoms with E-state index < -0.39 is 0 Å². The molecule has 0 saturated heterocycles. The van der Waals surface area contributed by atoms with Crippen LogP contribution in [0.2, 0.25) is 0 Å². The molecule has 8 heteroatoms. The van der Waals surface area contributed by atoms with E-state index in [-0.39, 0.29) is 29.4 Å². The summed E-state index contributed by atoms with van der Waals surface area (Å²) in [7, 11) is 1.77. The number of aliphatic imine (C=N–C) groups is 1. The third-order valence-electron chi connectivity index (χ3n) is 3.70. The first-order chi connectivity index (χ1) is 11.9. The number of aromatic nitrogens is 2. The van der Waals surface area contributed by atoms with Crippen LogP contribution in [0, 0.1) is 6.92 Å². The van der Waals surface area contributed by atoms with E-state index in [0.29, 0.717) is 12.4 Å². The Hall–Kier alpha value is -1.16. The van der Waals surface area contributed by atoms with Gasteiger partial charge in [0.1, 0.15) is 5.76 Å². The molecule has 0 saturated carbocycles. The lowest BCUT2D eigenvalue weighted by Gasteiger charge is -2.13. The Kier molecular flexibility index (Phi) is 9.56. The third-order valence-corrected chi connectivity index (χ3v) is 4.73. The van der Waals surface area contributed by atoms with Crippen LogP contribution in [0.3, 0.4) is 0 Å². The maximum absolute atomic E-state index is 5.77. The minimum absolute atomic E-state index is 0. The zero-order valence-electron chi connectivity index (χ0n) is 16.3. The number of unbranched alkanes of at least 4 members (excludes halogenated alkanes) is 1. The summed E-state index contributed by atoms with van der Waals surface area (Å²) in [5, 5.41) is 9.88. The number of guanidine groups is 1. The Balaban J connectivity index is 0.00000338. The van der Waals surface area contributed by atoms with Crippen LogP contribution >= 0.6 is 35.3 Å². The Bertz CT molecular complexity index is 690. The van der Waals surface area contributed by atoms with Crippen molar-refractivity contribution < 1.29 is 4.42 Å². The van der Waals surface area contributed by atoms with Crippen molar-refractivity contribution in [2.45, 2.75) is 58.9 Å². The number of nitrogens with zero attached hydrogens (tertiary/aromatic N) is 3. The molecule has 2 N–H and O–H groups in total. The number of rotatable bonds is 7. The van der Waals surface area contributed by atoms with Gasteiger partial charge in [-0.25, -0.2) is 9.97 Å². The minimum Gasteiger partial charge on any atom is -0.443 e. The zero-order chi connectivity index (χ0) is 18.3. The van der Waals surface area contributed by atoms with Gasteiger partial charge in [-0.2, -0.15) is 0 Å². The minimum atomic E-state index is -0.0267. The lowest BCUT2D eigenvalue weighted by molar-refractivity contribution is 0.379. The lowest BCUT2D eigenvalue weighted by atomic mass is 9.94. The van der Waals surface area contributed by atoms with Gasteiger partial charge in [0, 0.05) is 30.1 Å². The number of thiazole rings is 1. The number of hydrogen-bond donors (Lipinski definition) is 2. The molecule has 146 valence electrons. The summed E-state index contributed by atoms with van der Waals surface area (Å²) >= 11 is 1.74. The molecule has 0 unspecified atom stereocenters. The van der Waals surface area contributed by atoms with Crippen LogP contribution < -0.4 is 10.6 Å². The molecule has 6 nitrogen and oxygen atoms in total. The molecule has 2 heterocycles. The van der Waals surface area contributed by atoms with Crippen LogP contribution in [0.5, 0.6) is 0 Å². The third kappa shape index (κ3) is 7.61. The van der Waals surface area contributed by atoms with Crippen LogP contribution in [0.15, 0.2) is 21.0 Å². The molecule has 0 atom stereocenters. The van der Waals surface area contributed by atoms with E-state index in [1.807, 2.05) is 6.92 Å². The Morgan fingerprint density at radius 2 is 2.04 bits per heavy atom. The molecule has 2 aromatic rings. The average Bonchev–Trinajstić information content (AvgIpc) is 3.18. The maximum Gasteiger partial charge on any atom is 0.213 e. The Morgan fingerprint density at radius 1 is 1.27 bits per heavy atom. The normalized spacial score (nSPS) is 12.0. The summed E-state index contributed by atoms with van der Waals surface area (Å²) in [6, 6.07) is 0. The molecule has 26 heavy (non-hydrogen) atoms. The van der Waals surface area contributed by atoms with Crippen molar-refractivity contribution in [2.24, 2.45) is 4.99 Å². The maximum atomic E-state index is 5.77. The molecule has 0 fully saturated rings. The summed E-state index contributed by atoms with van der Waals surface area (Å²) in [6.07, 6.45) is 5.03. The summed E-state index contributed by atoms with van der Waals surface area (Å²) < 4.78 is 5.77. The highest BCUT2D eigenvalue weighted by molar-refractivity contribution is 14.0. The highest BCUT2D eigenvalue weighted by Gasteiger charge is 2.19. The topological polar surface area (TPSA) is 75.3 Å². The van der Waals surface area contributed by atoms with Gasteiger partial charge in [-0.05, 0) is 26.2 Å². The van der Waals surface area contributed by atoms with Crippen LogP contribution in [0.25, 0.3) is 0 Å². The second-order valence-electron chi connectivity index (χ2n) is 7.06. The van der Waals surface area contributed by atoms with E-state index in [9.17, 15) is 0 Å². The van der Waals surface area contributed by atoms with Crippen LogP contribution in [-0.4, -0.2) is 29.5 Å². The fourth-order valence-electron chi connectivity index (χ4n) is 2.24. The average molecular weight is 491 g/mol. The number of oxazole rings is 1. The summed E-state index contributed by atoms with van der Waals surface area (Å²) in [4.78, 5) is 13.0. The predicted octanol–water partition coefficient (Wildman–Crippen LogP) is 4.04. The van der Waals surface area contributed by atoms with Gasteiger partial charge in [-0.3, -0.25) is 4.99 Å². The van der Waals surface area contributed by atoms with Crippen molar-refractivity contribution in [2.75, 3.05) is 13.6 Å². The van der Waals surface area contributed by atoms with E-state index in [0.717, 1.165) is 43.2 Å². The second kappa shape index (κ2) is 10.9. The van der Waals surface area contributed by atoms with Crippen molar-refractivity contribution in [3.8, 4) is 0 Å². The molecule has 0 aliphatic carbocycles. The predicted molar refractivity (Wildman–Crippen MR) is 119 cm³/mol. The smallest absolute Gasteiger partial charge is 0.213 e. The molecule has 0 spiro atoms. The van der Waals surface area contributed by atoms with Gasteiger partial charge in [-0.15, -0.1) is 35.3 Å². The number of nitrogens with one attached hydrogen (secondary N) is 2. The Morgan fingerprint density at radius 3 is 2.62 bits per heavy atom. The molecule has 0 aliphatic heterocycles. The SMILES string of the molecule is CN=C(NCCCCc1nc(C)cs1)NCc1ncc(C(C)(C)C)o1.I. The molecule has 2 rings (SSSR count). The van der Waals surface area contributed by atoms with Crippen LogP contribution in [-0.2, 0) is 18.4 Å². The van der Waals surface area contributed by atoms with Gasteiger partial charge in [0.2, 0.25) is 5.89 Å².